The first-order chi connectivity index (χ1) is 8.61. The minimum absolute atomic E-state index is 0.102. The second kappa shape index (κ2) is 5.73. The number of hydrogen-bond acceptors (Lipinski definition) is 4. The van der Waals surface area contributed by atoms with Crippen LogP contribution < -0.4 is 11.3 Å². The summed E-state index contributed by atoms with van der Waals surface area (Å²) in [5.74, 6) is 5.57. The molecule has 0 aromatic heterocycles. The number of halogens is 1. The minimum atomic E-state index is -0.338. The molecule has 2 amide bonds. The van der Waals surface area contributed by atoms with Gasteiger partial charge >= 0.3 is 0 Å². The molecule has 18 heavy (non-hydrogen) atoms. The fourth-order valence-electron chi connectivity index (χ4n) is 1.68. The predicted octanol–water partition coefficient (Wildman–Crippen LogP) is 1.72. The average Bonchev–Trinajstić information content (AvgIpc) is 2.76. The van der Waals surface area contributed by atoms with Gasteiger partial charge in [-0.05, 0) is 17.7 Å². The molecule has 1 aromatic carbocycles. The summed E-state index contributed by atoms with van der Waals surface area (Å²) in [4.78, 5) is 24.6. The Hall–Kier alpha value is -1.05. The number of nitrogens with zero attached hydrogens (tertiary/aromatic N) is 1. The van der Waals surface area contributed by atoms with Crippen molar-refractivity contribution in [1.29, 1.82) is 0 Å². The molecule has 1 aliphatic heterocycles. The molecule has 5 nitrogen and oxygen atoms in total. The Kier molecular flexibility index (Phi) is 4.26. The number of hydrazine groups is 1. The molecule has 1 fully saturated rings. The quantitative estimate of drug-likeness (QED) is 0.503. The number of benzene rings is 1. The van der Waals surface area contributed by atoms with Crippen LogP contribution in [-0.4, -0.2) is 28.3 Å². The zero-order valence-corrected chi connectivity index (χ0v) is 11.9. The number of hydrogen-bond donors (Lipinski definition) is 2. The molecule has 1 heterocycles. The SMILES string of the molecule is NNC(=O)c1ccc(CN2CCSC2=O)c(Br)c1. The van der Waals surface area contributed by atoms with Crippen LogP contribution in [0.3, 0.4) is 0 Å². The van der Waals surface area contributed by atoms with Gasteiger partial charge in [-0.2, -0.15) is 0 Å². The second-order valence-corrected chi connectivity index (χ2v) is 5.72. The van der Waals surface area contributed by atoms with E-state index in [0.29, 0.717) is 12.1 Å². The van der Waals surface area contributed by atoms with E-state index in [4.69, 9.17) is 5.84 Å². The molecule has 0 aliphatic carbocycles. The molecule has 0 saturated carbocycles. The van der Waals surface area contributed by atoms with Crippen LogP contribution in [0.25, 0.3) is 0 Å². The largest absolute Gasteiger partial charge is 0.328 e. The predicted molar refractivity (Wildman–Crippen MR) is 74.1 cm³/mol. The number of amides is 2. The van der Waals surface area contributed by atoms with Gasteiger partial charge in [0.1, 0.15) is 0 Å². The van der Waals surface area contributed by atoms with Gasteiger partial charge in [0.15, 0.2) is 0 Å². The molecule has 0 spiro atoms. The molecule has 7 heteroatoms. The summed E-state index contributed by atoms with van der Waals surface area (Å²) in [5.41, 5.74) is 3.53. The smallest absolute Gasteiger partial charge is 0.282 e. The summed E-state index contributed by atoms with van der Waals surface area (Å²) < 4.78 is 0.799. The van der Waals surface area contributed by atoms with Crippen LogP contribution >= 0.6 is 27.7 Å². The fraction of sp³-hybridized carbons (Fsp3) is 0.273. The molecule has 0 radical (unpaired) electrons. The Morgan fingerprint density at radius 2 is 2.33 bits per heavy atom. The van der Waals surface area contributed by atoms with Crippen molar-refractivity contribution in [2.24, 2.45) is 5.84 Å². The van der Waals surface area contributed by atoms with Gasteiger partial charge in [-0.1, -0.05) is 33.8 Å². The monoisotopic (exact) mass is 329 g/mol. The Morgan fingerprint density at radius 3 is 2.89 bits per heavy atom. The van der Waals surface area contributed by atoms with Crippen molar-refractivity contribution < 1.29 is 9.59 Å². The highest BCUT2D eigenvalue weighted by Gasteiger charge is 2.21. The van der Waals surface area contributed by atoms with Crippen LogP contribution in [0, 0.1) is 0 Å². The van der Waals surface area contributed by atoms with Gasteiger partial charge in [0, 0.05) is 28.9 Å². The molecular weight excluding hydrogens is 318 g/mol. The lowest BCUT2D eigenvalue weighted by Crippen LogP contribution is -2.30. The fourth-order valence-corrected chi connectivity index (χ4v) is 3.00. The number of carbonyl (C=O) groups excluding carboxylic acids is 2. The summed E-state index contributed by atoms with van der Waals surface area (Å²) in [6.07, 6.45) is 0. The number of rotatable bonds is 3. The van der Waals surface area contributed by atoms with E-state index in [1.807, 2.05) is 6.07 Å². The maximum atomic E-state index is 11.5. The van der Waals surface area contributed by atoms with Gasteiger partial charge in [-0.15, -0.1) is 0 Å². The average molecular weight is 330 g/mol. The van der Waals surface area contributed by atoms with Gasteiger partial charge in [0.25, 0.3) is 11.1 Å². The van der Waals surface area contributed by atoms with Crippen molar-refractivity contribution >= 4 is 38.8 Å². The zero-order chi connectivity index (χ0) is 13.1. The van der Waals surface area contributed by atoms with Crippen LogP contribution in [0.15, 0.2) is 22.7 Å². The van der Waals surface area contributed by atoms with Crippen LogP contribution in [0.4, 0.5) is 4.79 Å². The second-order valence-electron chi connectivity index (χ2n) is 3.82. The normalized spacial score (nSPS) is 15.0. The lowest BCUT2D eigenvalue weighted by atomic mass is 10.1. The highest BCUT2D eigenvalue weighted by atomic mass is 79.9. The number of nitrogen functional groups attached to an aromatic ring is 1. The first-order valence-corrected chi connectivity index (χ1v) is 7.10. The molecule has 1 aliphatic rings. The Bertz CT molecular complexity index is 495. The highest BCUT2D eigenvalue weighted by molar-refractivity contribution is 9.10. The Labute approximate surface area is 117 Å². The third-order valence-electron chi connectivity index (χ3n) is 2.65. The topological polar surface area (TPSA) is 75.4 Å². The lowest BCUT2D eigenvalue weighted by molar-refractivity contribution is 0.0953. The highest BCUT2D eigenvalue weighted by Crippen LogP contribution is 2.24. The number of nitrogens with one attached hydrogen (secondary N) is 1. The number of thioether (sulfide) groups is 1. The maximum absolute atomic E-state index is 11.5. The first-order valence-electron chi connectivity index (χ1n) is 5.33. The van der Waals surface area contributed by atoms with Crippen molar-refractivity contribution in [1.82, 2.24) is 10.3 Å². The van der Waals surface area contributed by atoms with Crippen LogP contribution in [0.1, 0.15) is 15.9 Å². The minimum Gasteiger partial charge on any atom is -0.328 e. The van der Waals surface area contributed by atoms with Gasteiger partial charge < -0.3 is 4.90 Å². The van der Waals surface area contributed by atoms with E-state index in [1.54, 1.807) is 17.0 Å². The third-order valence-corrected chi connectivity index (χ3v) is 4.28. The summed E-state index contributed by atoms with van der Waals surface area (Å²) in [7, 11) is 0. The molecule has 96 valence electrons. The van der Waals surface area contributed by atoms with E-state index in [-0.39, 0.29) is 11.1 Å². The molecule has 3 N–H and O–H groups in total. The summed E-state index contributed by atoms with van der Waals surface area (Å²) in [5, 5.41) is 0.102. The lowest BCUT2D eigenvalue weighted by Gasteiger charge is -2.16. The van der Waals surface area contributed by atoms with Gasteiger partial charge in [0.05, 0.1) is 0 Å². The van der Waals surface area contributed by atoms with E-state index < -0.39 is 0 Å². The summed E-state index contributed by atoms with van der Waals surface area (Å²) in [6, 6.07) is 5.21. The van der Waals surface area contributed by atoms with Crippen LogP contribution in [-0.2, 0) is 6.54 Å². The first kappa shape index (κ1) is 13.4. The van der Waals surface area contributed by atoms with E-state index in [1.165, 1.54) is 11.8 Å². The molecule has 0 unspecified atom stereocenters. The zero-order valence-electron chi connectivity index (χ0n) is 9.48. The van der Waals surface area contributed by atoms with Crippen molar-refractivity contribution in [2.75, 3.05) is 12.3 Å². The third kappa shape index (κ3) is 2.85. The number of carbonyl (C=O) groups is 2. The Balaban J connectivity index is 2.14. The molecule has 1 aromatic rings. The van der Waals surface area contributed by atoms with E-state index in [2.05, 4.69) is 21.4 Å². The maximum Gasteiger partial charge on any atom is 0.282 e. The van der Waals surface area contributed by atoms with E-state index in [0.717, 1.165) is 22.3 Å². The summed E-state index contributed by atoms with van der Waals surface area (Å²) in [6.45, 7) is 1.32. The van der Waals surface area contributed by atoms with Crippen molar-refractivity contribution in [3.8, 4) is 0 Å². The van der Waals surface area contributed by atoms with Crippen LogP contribution in [0.2, 0.25) is 0 Å². The summed E-state index contributed by atoms with van der Waals surface area (Å²) >= 11 is 4.74. The van der Waals surface area contributed by atoms with Crippen molar-refractivity contribution in [3.05, 3.63) is 33.8 Å². The molecule has 0 atom stereocenters. The van der Waals surface area contributed by atoms with E-state index in [9.17, 15) is 9.59 Å². The van der Waals surface area contributed by atoms with Crippen molar-refractivity contribution in [3.63, 3.8) is 0 Å². The Morgan fingerprint density at radius 1 is 1.56 bits per heavy atom. The number of nitrogens with two attached hydrogens (primary N) is 1. The molecular formula is C11H12BrN3O2S. The van der Waals surface area contributed by atoms with Gasteiger partial charge in [0.2, 0.25) is 0 Å². The van der Waals surface area contributed by atoms with Gasteiger partial charge in [-0.25, -0.2) is 5.84 Å². The van der Waals surface area contributed by atoms with Crippen molar-refractivity contribution in [2.45, 2.75) is 6.54 Å². The standard InChI is InChI=1S/C11H12BrN3O2S/c12-9-5-7(10(16)14-13)1-2-8(9)6-15-3-4-18-11(15)17/h1-2,5H,3-4,6,13H2,(H,14,16). The molecule has 2 rings (SSSR count). The van der Waals surface area contributed by atoms with E-state index >= 15 is 0 Å². The molecule has 1 saturated heterocycles. The molecule has 0 bridgehead atoms. The van der Waals surface area contributed by atoms with Crippen LogP contribution in [0.5, 0.6) is 0 Å². The van der Waals surface area contributed by atoms with Gasteiger partial charge in [-0.3, -0.25) is 15.0 Å².